The van der Waals surface area contributed by atoms with Gasteiger partial charge in [0.1, 0.15) is 17.7 Å². The summed E-state index contributed by atoms with van der Waals surface area (Å²) in [6, 6.07) is 4.01. The highest BCUT2D eigenvalue weighted by Crippen LogP contribution is 2.14. The minimum Gasteiger partial charge on any atom is -0.497 e. The lowest BCUT2D eigenvalue weighted by atomic mass is 10.1. The molecule has 2 aromatic heterocycles. The lowest BCUT2D eigenvalue weighted by Gasteiger charge is -2.20. The Morgan fingerprint density at radius 2 is 2.35 bits per heavy atom. The fraction of sp³-hybridized carbons (Fsp3) is 0.333. The molecule has 1 aliphatic rings. The molecule has 20 heavy (non-hydrogen) atoms. The Hall–Kier alpha value is -2.30. The summed E-state index contributed by atoms with van der Waals surface area (Å²) in [5.74, 6) is 1.81. The van der Waals surface area contributed by atoms with E-state index >= 15 is 0 Å². The Labute approximate surface area is 118 Å². The van der Waals surface area contributed by atoms with Gasteiger partial charge in [-0.25, -0.2) is 9.97 Å². The summed E-state index contributed by atoms with van der Waals surface area (Å²) in [6.07, 6.45) is 11.8. The molecule has 0 aliphatic carbocycles. The third-order valence-corrected chi connectivity index (χ3v) is 3.38. The number of ether oxygens (including phenoxy) is 1. The van der Waals surface area contributed by atoms with Crippen LogP contribution >= 0.6 is 0 Å². The topological polar surface area (TPSA) is 52.0 Å². The monoisotopic (exact) mass is 270 g/mol. The van der Waals surface area contributed by atoms with Gasteiger partial charge in [-0.05, 0) is 38.0 Å². The molecule has 3 heterocycles. The van der Waals surface area contributed by atoms with Gasteiger partial charge in [-0.2, -0.15) is 0 Å². The molecule has 1 unspecified atom stereocenters. The van der Waals surface area contributed by atoms with E-state index < -0.39 is 0 Å². The zero-order valence-electron chi connectivity index (χ0n) is 11.5. The fourth-order valence-corrected chi connectivity index (χ4v) is 2.22. The first-order valence-electron chi connectivity index (χ1n) is 6.83. The molecular formula is C15H18N4O. The predicted octanol–water partition coefficient (Wildman–Crippen LogP) is 2.68. The molecule has 1 atom stereocenters. The summed E-state index contributed by atoms with van der Waals surface area (Å²) in [7, 11) is 0. The smallest absolute Gasteiger partial charge is 0.138 e. The van der Waals surface area contributed by atoms with Crippen LogP contribution in [0.1, 0.15) is 18.7 Å². The van der Waals surface area contributed by atoms with Gasteiger partial charge in [-0.1, -0.05) is 0 Å². The zero-order chi connectivity index (χ0) is 13.8. The van der Waals surface area contributed by atoms with Crippen LogP contribution in [0, 0.1) is 6.92 Å². The lowest BCUT2D eigenvalue weighted by Crippen LogP contribution is -2.23. The lowest BCUT2D eigenvalue weighted by molar-refractivity contribution is 0.135. The van der Waals surface area contributed by atoms with Crippen molar-refractivity contribution in [3.8, 4) is 5.82 Å². The van der Waals surface area contributed by atoms with Crippen molar-refractivity contribution in [3.63, 3.8) is 0 Å². The summed E-state index contributed by atoms with van der Waals surface area (Å²) < 4.78 is 7.48. The third kappa shape index (κ3) is 2.82. The van der Waals surface area contributed by atoms with Crippen LogP contribution in [0.25, 0.3) is 5.82 Å². The molecule has 2 aromatic rings. The van der Waals surface area contributed by atoms with Gasteiger partial charge >= 0.3 is 0 Å². The van der Waals surface area contributed by atoms with Crippen molar-refractivity contribution in [1.82, 2.24) is 14.5 Å². The largest absolute Gasteiger partial charge is 0.497 e. The Bertz CT molecular complexity index is 588. The number of anilines is 1. The van der Waals surface area contributed by atoms with Gasteiger partial charge < -0.3 is 10.1 Å². The Balaban J connectivity index is 1.61. The summed E-state index contributed by atoms with van der Waals surface area (Å²) in [4.78, 5) is 8.65. The first-order chi connectivity index (χ1) is 9.83. The van der Waals surface area contributed by atoms with Gasteiger partial charge in [0.25, 0.3) is 0 Å². The minimum atomic E-state index is 0.246. The molecule has 5 nitrogen and oxygen atoms in total. The SMILES string of the molecule is Cc1nccn1-c1ccc(NCC2CCC=CO2)cn1. The number of hydrogen-bond acceptors (Lipinski definition) is 4. The summed E-state index contributed by atoms with van der Waals surface area (Å²) in [5.41, 5.74) is 1.00. The highest BCUT2D eigenvalue weighted by molar-refractivity contribution is 5.44. The van der Waals surface area contributed by atoms with E-state index in [0.717, 1.165) is 36.7 Å². The average Bonchev–Trinajstić information content (AvgIpc) is 2.93. The van der Waals surface area contributed by atoms with Gasteiger partial charge in [0, 0.05) is 12.4 Å². The fourth-order valence-electron chi connectivity index (χ4n) is 2.22. The molecule has 0 aromatic carbocycles. The van der Waals surface area contributed by atoms with Gasteiger partial charge in [0.2, 0.25) is 0 Å². The second-order valence-corrected chi connectivity index (χ2v) is 4.84. The highest BCUT2D eigenvalue weighted by Gasteiger charge is 2.10. The van der Waals surface area contributed by atoms with Crippen LogP contribution < -0.4 is 5.32 Å². The van der Waals surface area contributed by atoms with Crippen molar-refractivity contribution in [1.29, 1.82) is 0 Å². The van der Waals surface area contributed by atoms with Crippen molar-refractivity contribution in [3.05, 3.63) is 48.9 Å². The van der Waals surface area contributed by atoms with E-state index in [-0.39, 0.29) is 6.10 Å². The molecule has 0 bridgehead atoms. The van der Waals surface area contributed by atoms with Gasteiger partial charge in [0.05, 0.1) is 24.7 Å². The molecule has 104 valence electrons. The van der Waals surface area contributed by atoms with E-state index in [9.17, 15) is 0 Å². The zero-order valence-corrected chi connectivity index (χ0v) is 11.5. The molecule has 0 spiro atoms. The molecular weight excluding hydrogens is 252 g/mol. The molecule has 1 aliphatic heterocycles. The predicted molar refractivity (Wildman–Crippen MR) is 77.8 cm³/mol. The van der Waals surface area contributed by atoms with Gasteiger partial charge in [0.15, 0.2) is 0 Å². The molecule has 1 N–H and O–H groups in total. The average molecular weight is 270 g/mol. The third-order valence-electron chi connectivity index (χ3n) is 3.38. The van der Waals surface area contributed by atoms with Crippen LogP contribution in [0.2, 0.25) is 0 Å². The molecule has 0 saturated carbocycles. The van der Waals surface area contributed by atoms with E-state index in [1.54, 1.807) is 12.5 Å². The maximum Gasteiger partial charge on any atom is 0.138 e. The number of nitrogens with zero attached hydrogens (tertiary/aromatic N) is 3. The van der Waals surface area contributed by atoms with E-state index in [0.29, 0.717) is 0 Å². The quantitative estimate of drug-likeness (QED) is 0.928. The molecule has 0 saturated heterocycles. The Morgan fingerprint density at radius 1 is 1.40 bits per heavy atom. The van der Waals surface area contributed by atoms with Crippen molar-refractivity contribution < 1.29 is 4.74 Å². The number of hydrogen-bond donors (Lipinski definition) is 1. The number of pyridine rings is 1. The maximum absolute atomic E-state index is 5.52. The molecule has 0 fully saturated rings. The summed E-state index contributed by atoms with van der Waals surface area (Å²) in [6.45, 7) is 2.76. The van der Waals surface area contributed by atoms with Crippen LogP contribution in [0.15, 0.2) is 43.1 Å². The first kappa shape index (κ1) is 12.7. The standard InChI is InChI=1S/C15H18N4O/c1-12-16-7-8-19(12)15-6-5-13(10-18-15)17-11-14-4-2-3-9-20-14/h3,5-10,14,17H,2,4,11H2,1H3. The van der Waals surface area contributed by atoms with Crippen LogP contribution in [0.5, 0.6) is 0 Å². The second kappa shape index (κ2) is 5.77. The molecule has 3 rings (SSSR count). The Kier molecular flexibility index (Phi) is 3.67. The van der Waals surface area contributed by atoms with Crippen LogP contribution in [0.3, 0.4) is 0 Å². The van der Waals surface area contributed by atoms with Crippen molar-refractivity contribution in [2.45, 2.75) is 25.9 Å². The summed E-state index contributed by atoms with van der Waals surface area (Å²) in [5, 5.41) is 3.36. The molecule has 5 heteroatoms. The van der Waals surface area contributed by atoms with E-state index in [4.69, 9.17) is 4.74 Å². The molecule has 0 amide bonds. The minimum absolute atomic E-state index is 0.246. The first-order valence-corrected chi connectivity index (χ1v) is 6.83. The van der Waals surface area contributed by atoms with Crippen molar-refractivity contribution in [2.75, 3.05) is 11.9 Å². The molecule has 0 radical (unpaired) electrons. The number of aryl methyl sites for hydroxylation is 1. The number of aromatic nitrogens is 3. The normalized spacial score (nSPS) is 17.8. The number of imidazole rings is 1. The van der Waals surface area contributed by atoms with E-state index in [2.05, 4.69) is 21.4 Å². The maximum atomic E-state index is 5.52. The van der Waals surface area contributed by atoms with Gasteiger partial charge in [-0.3, -0.25) is 4.57 Å². The number of allylic oxidation sites excluding steroid dienone is 1. The number of nitrogens with one attached hydrogen (secondary N) is 1. The highest BCUT2D eigenvalue weighted by atomic mass is 16.5. The number of rotatable bonds is 4. The van der Waals surface area contributed by atoms with E-state index in [1.807, 2.05) is 36.0 Å². The van der Waals surface area contributed by atoms with Crippen LogP contribution in [-0.2, 0) is 4.74 Å². The van der Waals surface area contributed by atoms with Crippen LogP contribution in [0.4, 0.5) is 5.69 Å². The Morgan fingerprint density at radius 3 is 3.00 bits per heavy atom. The second-order valence-electron chi connectivity index (χ2n) is 4.84. The van der Waals surface area contributed by atoms with Crippen molar-refractivity contribution >= 4 is 5.69 Å². The van der Waals surface area contributed by atoms with Crippen molar-refractivity contribution in [2.24, 2.45) is 0 Å². The van der Waals surface area contributed by atoms with Gasteiger partial charge in [-0.15, -0.1) is 0 Å². The van der Waals surface area contributed by atoms with E-state index in [1.165, 1.54) is 0 Å². The van der Waals surface area contributed by atoms with Crippen LogP contribution in [-0.4, -0.2) is 27.2 Å². The summed E-state index contributed by atoms with van der Waals surface area (Å²) >= 11 is 0.